The number of hydrogen-bond acceptors (Lipinski definition) is 7. The fourth-order valence-electron chi connectivity index (χ4n) is 4.05. The van der Waals surface area contributed by atoms with Crippen molar-refractivity contribution < 1.29 is 34.1 Å². The SMILES string of the molecule is C=C(CC)C1CCC(CN2C(=O)CC(SCCCO[C@@H](C)C(=O)OC)C2=O)CC1.C=O.CC.CCl.O. The van der Waals surface area contributed by atoms with Gasteiger partial charge in [0, 0.05) is 26.0 Å². The van der Waals surface area contributed by atoms with Crippen molar-refractivity contribution >= 4 is 47.9 Å². The zero-order valence-corrected chi connectivity index (χ0v) is 24.6. The maximum Gasteiger partial charge on any atom is 0.334 e. The monoisotopic (exact) mass is 553 g/mol. The lowest BCUT2D eigenvalue weighted by atomic mass is 9.78. The molecular weight excluding hydrogens is 506 g/mol. The lowest BCUT2D eigenvalue weighted by molar-refractivity contribution is -0.152. The number of amides is 2. The van der Waals surface area contributed by atoms with E-state index in [0.29, 0.717) is 31.4 Å². The number of halogens is 1. The van der Waals surface area contributed by atoms with Gasteiger partial charge in [-0.1, -0.05) is 32.9 Å². The van der Waals surface area contributed by atoms with E-state index in [1.807, 2.05) is 20.6 Å². The number of nitrogens with zero attached hydrogens (tertiary/aromatic N) is 1. The Morgan fingerprint density at radius 1 is 1.17 bits per heavy atom. The largest absolute Gasteiger partial charge is 0.467 e. The first-order valence-electron chi connectivity index (χ1n) is 12.4. The van der Waals surface area contributed by atoms with Gasteiger partial charge in [-0.05, 0) is 63.0 Å². The third-order valence-electron chi connectivity index (χ3n) is 6.03. The molecule has 2 N–H and O–H groups in total. The molecule has 1 saturated carbocycles. The summed E-state index contributed by atoms with van der Waals surface area (Å²) in [5, 5.41) is -0.281. The highest BCUT2D eigenvalue weighted by Crippen LogP contribution is 2.35. The number of ether oxygens (including phenoxy) is 2. The molecule has 0 radical (unpaired) electrons. The minimum atomic E-state index is -0.584. The Morgan fingerprint density at radius 3 is 2.22 bits per heavy atom. The Morgan fingerprint density at radius 2 is 1.72 bits per heavy atom. The Labute approximate surface area is 227 Å². The van der Waals surface area contributed by atoms with E-state index in [4.69, 9.17) is 9.53 Å². The summed E-state index contributed by atoms with van der Waals surface area (Å²) >= 11 is 6.15. The molecule has 0 bridgehead atoms. The predicted octanol–water partition coefficient (Wildman–Crippen LogP) is 4.46. The summed E-state index contributed by atoms with van der Waals surface area (Å²) in [4.78, 5) is 45.8. The quantitative estimate of drug-likeness (QED) is 0.122. The van der Waals surface area contributed by atoms with Crippen molar-refractivity contribution in [2.45, 2.75) is 84.0 Å². The molecule has 1 unspecified atom stereocenters. The van der Waals surface area contributed by atoms with Gasteiger partial charge in [-0.25, -0.2) is 4.79 Å². The molecule has 8 nitrogen and oxygen atoms in total. The van der Waals surface area contributed by atoms with Crippen LogP contribution in [0.3, 0.4) is 0 Å². The average Bonchev–Trinajstić information content (AvgIpc) is 3.18. The normalized spacial score (nSPS) is 21.3. The molecule has 2 atom stereocenters. The fraction of sp³-hybridized carbons (Fsp3) is 0.769. The zero-order chi connectivity index (χ0) is 27.4. The van der Waals surface area contributed by atoms with E-state index in [9.17, 15) is 14.4 Å². The molecule has 1 aliphatic heterocycles. The number of thioether (sulfide) groups is 1. The van der Waals surface area contributed by atoms with Crippen LogP contribution in [0.25, 0.3) is 0 Å². The minimum Gasteiger partial charge on any atom is -0.467 e. The molecule has 1 heterocycles. The average molecular weight is 554 g/mol. The molecule has 0 aromatic rings. The van der Waals surface area contributed by atoms with Crippen LogP contribution >= 0.6 is 23.4 Å². The molecule has 10 heteroatoms. The van der Waals surface area contributed by atoms with Crippen LogP contribution in [0.1, 0.15) is 72.6 Å². The number of allylic oxidation sites excluding steroid dienone is 1. The summed E-state index contributed by atoms with van der Waals surface area (Å²) in [6.07, 6.45) is 7.30. The lowest BCUT2D eigenvalue weighted by Crippen LogP contribution is -2.37. The summed E-state index contributed by atoms with van der Waals surface area (Å²) < 4.78 is 10.0. The van der Waals surface area contributed by atoms with E-state index < -0.39 is 12.1 Å². The Bertz CT molecular complexity index is 627. The molecule has 0 spiro atoms. The second kappa shape index (κ2) is 23.9. The van der Waals surface area contributed by atoms with E-state index >= 15 is 0 Å². The molecule has 212 valence electrons. The molecule has 1 saturated heterocycles. The first-order chi connectivity index (χ1) is 16.9. The van der Waals surface area contributed by atoms with E-state index in [2.05, 4.69) is 29.8 Å². The lowest BCUT2D eigenvalue weighted by Gasteiger charge is -2.31. The maximum absolute atomic E-state index is 12.7. The number of alkyl halides is 1. The number of methoxy groups -OCH3 is 1. The molecule has 2 fully saturated rings. The topological polar surface area (TPSA) is 121 Å². The van der Waals surface area contributed by atoms with Gasteiger partial charge in [-0.3, -0.25) is 14.5 Å². The van der Waals surface area contributed by atoms with Crippen LogP contribution in [0.15, 0.2) is 12.2 Å². The van der Waals surface area contributed by atoms with E-state index in [0.717, 1.165) is 44.3 Å². The molecule has 1 aliphatic carbocycles. The van der Waals surface area contributed by atoms with Gasteiger partial charge in [0.25, 0.3) is 0 Å². The van der Waals surface area contributed by atoms with Crippen LogP contribution in [0, 0.1) is 11.8 Å². The van der Waals surface area contributed by atoms with Crippen molar-refractivity contribution in [1.82, 2.24) is 4.90 Å². The van der Waals surface area contributed by atoms with Gasteiger partial charge in [0.1, 0.15) is 6.79 Å². The minimum absolute atomic E-state index is 0. The third-order valence-corrected chi connectivity index (χ3v) is 7.33. The van der Waals surface area contributed by atoms with E-state index in [1.165, 1.54) is 35.7 Å². The van der Waals surface area contributed by atoms with Gasteiger partial charge in [-0.15, -0.1) is 23.4 Å². The molecule has 2 amide bonds. The summed E-state index contributed by atoms with van der Waals surface area (Å²) in [6, 6.07) is 0. The molecule has 0 aromatic heterocycles. The van der Waals surface area contributed by atoms with Gasteiger partial charge >= 0.3 is 5.97 Å². The van der Waals surface area contributed by atoms with Gasteiger partial charge in [0.2, 0.25) is 11.8 Å². The van der Waals surface area contributed by atoms with Crippen LogP contribution in [-0.2, 0) is 28.7 Å². The predicted molar refractivity (Wildman–Crippen MR) is 148 cm³/mol. The summed E-state index contributed by atoms with van der Waals surface area (Å²) in [6.45, 7) is 15.0. The maximum atomic E-state index is 12.7. The number of likely N-dealkylation sites (tertiary alicyclic amines) is 1. The van der Waals surface area contributed by atoms with Crippen molar-refractivity contribution in [2.24, 2.45) is 11.8 Å². The fourth-order valence-corrected chi connectivity index (χ4v) is 5.15. The van der Waals surface area contributed by atoms with Crippen molar-refractivity contribution in [3.63, 3.8) is 0 Å². The first-order valence-corrected chi connectivity index (χ1v) is 14.2. The van der Waals surface area contributed by atoms with Crippen LogP contribution in [0.5, 0.6) is 0 Å². The number of hydrogen-bond donors (Lipinski definition) is 0. The Kier molecular flexibility index (Phi) is 26.0. The summed E-state index contributed by atoms with van der Waals surface area (Å²) in [5.41, 5.74) is 1.33. The highest BCUT2D eigenvalue weighted by molar-refractivity contribution is 8.00. The van der Waals surface area contributed by atoms with Crippen molar-refractivity contribution in [3.8, 4) is 0 Å². The van der Waals surface area contributed by atoms with Crippen molar-refractivity contribution in [3.05, 3.63) is 12.2 Å². The molecule has 36 heavy (non-hydrogen) atoms. The highest BCUT2D eigenvalue weighted by atomic mass is 35.5. The standard InChI is InChI=1S/C22H35NO5S.C2H6.CH3Cl.CH2O.H2O/c1-5-15(2)18-9-7-17(8-10-18)14-23-20(24)13-19(21(23)25)29-12-6-11-28-16(3)22(26)27-4;3*1-2;/h16-19H,2,5-14H2,1,3-4H3;1-2H3;1H3;1H2;1H2/t16-,17?,18?,19?;;;;/m0..../s1. The Hall–Kier alpha value is -1.42. The van der Waals surface area contributed by atoms with Crippen LogP contribution in [0.4, 0.5) is 0 Å². The molecular formula is C26H48ClNO7S. The second-order valence-corrected chi connectivity index (χ2v) is 9.34. The summed E-state index contributed by atoms with van der Waals surface area (Å²) in [5.74, 6) is 1.27. The van der Waals surface area contributed by atoms with Crippen LogP contribution in [0.2, 0.25) is 0 Å². The second-order valence-electron chi connectivity index (χ2n) is 8.03. The van der Waals surface area contributed by atoms with E-state index in [-0.39, 0.29) is 22.5 Å². The molecule has 2 rings (SSSR count). The summed E-state index contributed by atoms with van der Waals surface area (Å²) in [7, 11) is 1.33. The first kappa shape index (κ1) is 39.1. The third kappa shape index (κ3) is 13.8. The number of rotatable bonds is 11. The smallest absolute Gasteiger partial charge is 0.334 e. The number of imide groups is 1. The van der Waals surface area contributed by atoms with Crippen LogP contribution in [-0.4, -0.2) is 78.7 Å². The van der Waals surface area contributed by atoms with Gasteiger partial charge in [-0.2, -0.15) is 0 Å². The number of carbonyl (C=O) groups is 4. The van der Waals surface area contributed by atoms with E-state index in [1.54, 1.807) is 6.92 Å². The van der Waals surface area contributed by atoms with Crippen molar-refractivity contribution in [1.29, 1.82) is 0 Å². The Balaban J connectivity index is -0.00000144. The van der Waals surface area contributed by atoms with Crippen LogP contribution < -0.4 is 0 Å². The number of carbonyl (C=O) groups excluding carboxylic acids is 4. The molecule has 0 aromatic carbocycles. The van der Waals surface area contributed by atoms with Crippen molar-refractivity contribution in [2.75, 3.05) is 32.4 Å². The number of esters is 1. The van der Waals surface area contributed by atoms with Gasteiger partial charge in [0.15, 0.2) is 6.10 Å². The van der Waals surface area contributed by atoms with Gasteiger partial charge < -0.3 is 19.7 Å². The van der Waals surface area contributed by atoms with Gasteiger partial charge in [0.05, 0.1) is 12.4 Å². The zero-order valence-electron chi connectivity index (χ0n) is 23.0. The highest BCUT2D eigenvalue weighted by Gasteiger charge is 2.40. The molecule has 2 aliphatic rings.